The molecule has 1 heterocycles. The van der Waals surface area contributed by atoms with Crippen molar-refractivity contribution in [1.29, 1.82) is 0 Å². The Balaban J connectivity index is 2.27. The third kappa shape index (κ3) is 3.32. The predicted octanol–water partition coefficient (Wildman–Crippen LogP) is 4.16. The van der Waals surface area contributed by atoms with Crippen molar-refractivity contribution >= 4 is 28.5 Å². The molecule has 2 aromatic carbocycles. The van der Waals surface area contributed by atoms with Crippen molar-refractivity contribution < 1.29 is 18.3 Å². The van der Waals surface area contributed by atoms with Crippen molar-refractivity contribution in [3.8, 4) is 0 Å². The molecule has 1 aromatic heterocycles. The van der Waals surface area contributed by atoms with Crippen molar-refractivity contribution in [2.45, 2.75) is 13.5 Å². The molecule has 0 aliphatic carbocycles. The number of fused-ring (bicyclic) bond motifs is 1. The lowest BCUT2D eigenvalue weighted by molar-refractivity contribution is 0.0524. The molecule has 7 heteroatoms. The molecule has 4 nitrogen and oxygen atoms in total. The molecule has 134 valence electrons. The molecule has 0 saturated carbocycles. The summed E-state index contributed by atoms with van der Waals surface area (Å²) in [4.78, 5) is 24.7. The van der Waals surface area contributed by atoms with Gasteiger partial charge in [-0.1, -0.05) is 29.8 Å². The SMILES string of the molecule is CCOC(=O)c1cn(Cc2ccccc2Cl)c2cc(F)c(F)cc2c1=O. The van der Waals surface area contributed by atoms with Gasteiger partial charge in [0, 0.05) is 29.2 Å². The van der Waals surface area contributed by atoms with Gasteiger partial charge in [-0.3, -0.25) is 4.79 Å². The van der Waals surface area contributed by atoms with E-state index in [2.05, 4.69) is 0 Å². The first kappa shape index (κ1) is 18.1. The minimum absolute atomic E-state index is 0.0819. The van der Waals surface area contributed by atoms with Gasteiger partial charge in [-0.25, -0.2) is 13.6 Å². The Morgan fingerprint density at radius 1 is 1.19 bits per heavy atom. The van der Waals surface area contributed by atoms with Crippen LogP contribution in [0, 0.1) is 11.6 Å². The molecule has 0 amide bonds. The van der Waals surface area contributed by atoms with Crippen LogP contribution in [0.5, 0.6) is 0 Å². The van der Waals surface area contributed by atoms with Crippen LogP contribution in [-0.2, 0) is 11.3 Å². The number of halogens is 3. The molecule has 0 aliphatic rings. The molecular weight excluding hydrogens is 364 g/mol. The number of benzene rings is 2. The summed E-state index contributed by atoms with van der Waals surface area (Å²) in [6.07, 6.45) is 1.28. The van der Waals surface area contributed by atoms with E-state index in [-0.39, 0.29) is 29.6 Å². The van der Waals surface area contributed by atoms with Crippen LogP contribution in [0.3, 0.4) is 0 Å². The standard InChI is InChI=1S/C19H14ClF2NO3/c1-2-26-19(25)13-10-23(9-11-5-3-4-6-14(11)20)17-8-16(22)15(21)7-12(17)18(13)24/h3-8,10H,2,9H2,1H3. The molecule has 0 saturated heterocycles. The Hall–Kier alpha value is -2.73. The second kappa shape index (κ2) is 7.25. The highest BCUT2D eigenvalue weighted by Crippen LogP contribution is 2.21. The first-order chi connectivity index (χ1) is 12.4. The Morgan fingerprint density at radius 2 is 1.88 bits per heavy atom. The minimum Gasteiger partial charge on any atom is -0.462 e. The van der Waals surface area contributed by atoms with Gasteiger partial charge in [0.1, 0.15) is 5.56 Å². The van der Waals surface area contributed by atoms with Gasteiger partial charge in [0.2, 0.25) is 5.43 Å². The van der Waals surface area contributed by atoms with Gasteiger partial charge in [0.05, 0.1) is 12.1 Å². The minimum atomic E-state index is -1.17. The molecule has 0 bridgehead atoms. The zero-order chi connectivity index (χ0) is 18.8. The zero-order valence-corrected chi connectivity index (χ0v) is 14.5. The second-order valence-corrected chi connectivity index (χ2v) is 6.00. The van der Waals surface area contributed by atoms with E-state index in [0.717, 1.165) is 12.1 Å². The molecular formula is C19H14ClF2NO3. The number of nitrogens with zero attached hydrogens (tertiary/aromatic N) is 1. The van der Waals surface area contributed by atoms with Crippen molar-refractivity contribution in [2.75, 3.05) is 6.61 Å². The largest absolute Gasteiger partial charge is 0.462 e. The van der Waals surface area contributed by atoms with Crippen LogP contribution in [0.25, 0.3) is 10.9 Å². The molecule has 0 fully saturated rings. The fraction of sp³-hybridized carbons (Fsp3) is 0.158. The number of rotatable bonds is 4. The molecule has 0 radical (unpaired) electrons. The van der Waals surface area contributed by atoms with Crippen LogP contribution in [0.4, 0.5) is 8.78 Å². The van der Waals surface area contributed by atoms with Crippen molar-refractivity contribution in [3.05, 3.63) is 80.6 Å². The Kier molecular flexibility index (Phi) is 5.04. The molecule has 3 rings (SSSR count). The lowest BCUT2D eigenvalue weighted by atomic mass is 10.1. The maximum absolute atomic E-state index is 13.8. The van der Waals surface area contributed by atoms with E-state index >= 15 is 0 Å². The average Bonchev–Trinajstić information content (AvgIpc) is 2.61. The van der Waals surface area contributed by atoms with Crippen LogP contribution in [0.15, 0.2) is 47.4 Å². The highest BCUT2D eigenvalue weighted by Gasteiger charge is 2.19. The summed E-state index contributed by atoms with van der Waals surface area (Å²) < 4.78 is 33.8. The third-order valence-electron chi connectivity index (χ3n) is 3.92. The number of esters is 1. The van der Waals surface area contributed by atoms with E-state index in [1.807, 2.05) is 0 Å². The summed E-state index contributed by atoms with van der Waals surface area (Å²) in [5.41, 5.74) is -0.120. The molecule has 0 aliphatic heterocycles. The van der Waals surface area contributed by atoms with Gasteiger partial charge >= 0.3 is 5.97 Å². The van der Waals surface area contributed by atoms with Gasteiger partial charge < -0.3 is 9.30 Å². The van der Waals surface area contributed by atoms with Crippen LogP contribution in [0.2, 0.25) is 5.02 Å². The van der Waals surface area contributed by atoms with Gasteiger partial charge in [-0.2, -0.15) is 0 Å². The highest BCUT2D eigenvalue weighted by molar-refractivity contribution is 6.31. The van der Waals surface area contributed by atoms with Gasteiger partial charge in [-0.05, 0) is 24.6 Å². The Bertz CT molecular complexity index is 1060. The molecule has 0 unspecified atom stereocenters. The first-order valence-corrected chi connectivity index (χ1v) is 8.23. The normalized spacial score (nSPS) is 10.9. The average molecular weight is 378 g/mol. The number of carbonyl (C=O) groups is 1. The third-order valence-corrected chi connectivity index (χ3v) is 4.28. The smallest absolute Gasteiger partial charge is 0.343 e. The van der Waals surface area contributed by atoms with Crippen molar-refractivity contribution in [1.82, 2.24) is 4.57 Å². The van der Waals surface area contributed by atoms with Crippen LogP contribution >= 0.6 is 11.6 Å². The van der Waals surface area contributed by atoms with E-state index in [4.69, 9.17) is 16.3 Å². The number of aromatic nitrogens is 1. The number of ether oxygens (including phenoxy) is 1. The van der Waals surface area contributed by atoms with Gasteiger partial charge in [0.25, 0.3) is 0 Å². The topological polar surface area (TPSA) is 48.3 Å². The summed E-state index contributed by atoms with van der Waals surface area (Å²) in [6.45, 7) is 1.85. The number of hydrogen-bond donors (Lipinski definition) is 0. The second-order valence-electron chi connectivity index (χ2n) is 5.60. The Morgan fingerprint density at radius 3 is 2.58 bits per heavy atom. The lowest BCUT2D eigenvalue weighted by Gasteiger charge is -2.14. The van der Waals surface area contributed by atoms with Gasteiger partial charge in [0.15, 0.2) is 11.6 Å². The van der Waals surface area contributed by atoms with Crippen LogP contribution in [-0.4, -0.2) is 17.1 Å². The fourth-order valence-electron chi connectivity index (χ4n) is 2.68. The molecule has 0 N–H and O–H groups in total. The molecule has 3 aromatic rings. The number of hydrogen-bond acceptors (Lipinski definition) is 3. The van der Waals surface area contributed by atoms with E-state index in [9.17, 15) is 18.4 Å². The maximum Gasteiger partial charge on any atom is 0.343 e. The number of pyridine rings is 1. The van der Waals surface area contributed by atoms with Crippen molar-refractivity contribution in [3.63, 3.8) is 0 Å². The zero-order valence-electron chi connectivity index (χ0n) is 13.8. The van der Waals surface area contributed by atoms with Crippen LogP contribution in [0.1, 0.15) is 22.8 Å². The fourth-order valence-corrected chi connectivity index (χ4v) is 2.88. The van der Waals surface area contributed by atoms with Crippen molar-refractivity contribution in [2.24, 2.45) is 0 Å². The predicted molar refractivity (Wildman–Crippen MR) is 94.6 cm³/mol. The number of carbonyl (C=O) groups excluding carboxylic acids is 1. The first-order valence-electron chi connectivity index (χ1n) is 7.85. The summed E-state index contributed by atoms with van der Waals surface area (Å²) in [5.74, 6) is -3.08. The molecule has 0 atom stereocenters. The Labute approximate surface area is 152 Å². The molecule has 26 heavy (non-hydrogen) atoms. The summed E-state index contributed by atoms with van der Waals surface area (Å²) in [6, 6.07) is 8.70. The van der Waals surface area contributed by atoms with Crippen LogP contribution < -0.4 is 5.43 Å². The van der Waals surface area contributed by atoms with E-state index in [1.54, 1.807) is 31.2 Å². The van der Waals surface area contributed by atoms with Gasteiger partial charge in [-0.15, -0.1) is 0 Å². The summed E-state index contributed by atoms with van der Waals surface area (Å²) >= 11 is 6.16. The molecule has 0 spiro atoms. The summed E-state index contributed by atoms with van der Waals surface area (Å²) in [5, 5.41) is 0.362. The van der Waals surface area contributed by atoms with E-state index < -0.39 is 23.0 Å². The lowest BCUT2D eigenvalue weighted by Crippen LogP contribution is -2.21. The highest BCUT2D eigenvalue weighted by atomic mass is 35.5. The maximum atomic E-state index is 13.8. The van der Waals surface area contributed by atoms with E-state index in [0.29, 0.717) is 10.6 Å². The quantitative estimate of drug-likeness (QED) is 0.641. The monoisotopic (exact) mass is 377 g/mol. The van der Waals surface area contributed by atoms with E-state index in [1.165, 1.54) is 10.8 Å². The summed E-state index contributed by atoms with van der Waals surface area (Å²) in [7, 11) is 0.